The number of pyridine rings is 2. The lowest BCUT2D eigenvalue weighted by Gasteiger charge is -2.10. The Balaban J connectivity index is 1.25. The summed E-state index contributed by atoms with van der Waals surface area (Å²) in [6, 6.07) is 55.2. The fraction of sp³-hybridized carbons (Fsp3) is 0. The van der Waals surface area contributed by atoms with Crippen LogP contribution in [0.5, 0.6) is 0 Å². The predicted molar refractivity (Wildman–Crippen MR) is 182 cm³/mol. The molecule has 4 nitrogen and oxygen atoms in total. The second kappa shape index (κ2) is 9.79. The largest absolute Gasteiger partial charge is 0.294 e. The number of hydrogen-bond acceptors (Lipinski definition) is 2. The van der Waals surface area contributed by atoms with E-state index >= 15 is 0 Å². The zero-order chi connectivity index (χ0) is 29.0. The average molecular weight is 563 g/mol. The summed E-state index contributed by atoms with van der Waals surface area (Å²) in [6.45, 7) is 0. The topological polar surface area (TPSA) is 35.6 Å². The molecule has 0 atom stereocenters. The Labute approximate surface area is 254 Å². The fourth-order valence-electron chi connectivity index (χ4n) is 6.50. The van der Waals surface area contributed by atoms with E-state index in [-0.39, 0.29) is 0 Å². The molecule has 0 amide bonds. The van der Waals surface area contributed by atoms with Crippen molar-refractivity contribution in [2.45, 2.75) is 0 Å². The van der Waals surface area contributed by atoms with Crippen molar-refractivity contribution in [1.29, 1.82) is 0 Å². The van der Waals surface area contributed by atoms with E-state index in [0.717, 1.165) is 67.0 Å². The normalized spacial score (nSPS) is 11.6. The van der Waals surface area contributed by atoms with Crippen LogP contribution in [-0.2, 0) is 0 Å². The summed E-state index contributed by atoms with van der Waals surface area (Å²) in [6.07, 6.45) is 0. The smallest absolute Gasteiger partial charge is 0.148 e. The standard InChI is InChI=1S/C40H26N4/c1-3-12-27(13-4-1)35-18-11-19-36(41-35)28-22-24-30(25-23-28)44-38-21-10-8-17-32(38)34-26-33-31-16-7-9-20-37(31)43(39(33)42-40(34)44)29-14-5-2-6-15-29/h1-26H. The molecule has 206 valence electrons. The van der Waals surface area contributed by atoms with E-state index in [2.05, 4.69) is 149 Å². The highest BCUT2D eigenvalue weighted by Crippen LogP contribution is 2.38. The molecule has 9 rings (SSSR count). The van der Waals surface area contributed by atoms with Crippen LogP contribution in [0.2, 0.25) is 0 Å². The summed E-state index contributed by atoms with van der Waals surface area (Å²) in [4.78, 5) is 10.4. The summed E-state index contributed by atoms with van der Waals surface area (Å²) in [5, 5.41) is 4.69. The first-order valence-corrected chi connectivity index (χ1v) is 14.9. The summed E-state index contributed by atoms with van der Waals surface area (Å²) >= 11 is 0. The Bertz CT molecular complexity index is 2470. The number of rotatable bonds is 4. The van der Waals surface area contributed by atoms with Gasteiger partial charge in [0.25, 0.3) is 0 Å². The molecular formula is C40H26N4. The molecule has 0 aliphatic heterocycles. The number of hydrogen-bond donors (Lipinski definition) is 0. The molecule has 9 aromatic rings. The molecule has 0 aliphatic rings. The third-order valence-corrected chi connectivity index (χ3v) is 8.53. The molecule has 0 radical (unpaired) electrons. The van der Waals surface area contributed by atoms with Gasteiger partial charge in [-0.1, -0.05) is 103 Å². The predicted octanol–water partition coefficient (Wildman–Crippen LogP) is 10.0. The second-order valence-electron chi connectivity index (χ2n) is 11.1. The van der Waals surface area contributed by atoms with Gasteiger partial charge in [0.05, 0.1) is 22.4 Å². The van der Waals surface area contributed by atoms with Crippen LogP contribution in [0.1, 0.15) is 0 Å². The van der Waals surface area contributed by atoms with E-state index in [1.165, 1.54) is 10.8 Å². The van der Waals surface area contributed by atoms with Crippen molar-refractivity contribution in [3.05, 3.63) is 158 Å². The number of fused-ring (bicyclic) bond motifs is 6. The van der Waals surface area contributed by atoms with Crippen LogP contribution < -0.4 is 0 Å². The van der Waals surface area contributed by atoms with Crippen molar-refractivity contribution >= 4 is 43.9 Å². The molecule has 4 aromatic heterocycles. The van der Waals surface area contributed by atoms with E-state index in [1.807, 2.05) is 18.2 Å². The maximum absolute atomic E-state index is 5.44. The minimum atomic E-state index is 0.940. The van der Waals surface area contributed by atoms with Gasteiger partial charge in [0.15, 0.2) is 0 Å². The van der Waals surface area contributed by atoms with Gasteiger partial charge >= 0.3 is 0 Å². The Morgan fingerprint density at radius 3 is 1.41 bits per heavy atom. The zero-order valence-corrected chi connectivity index (χ0v) is 23.8. The van der Waals surface area contributed by atoms with Crippen LogP contribution >= 0.6 is 0 Å². The Kier molecular flexibility index (Phi) is 5.47. The van der Waals surface area contributed by atoms with Crippen LogP contribution in [0, 0.1) is 0 Å². The summed E-state index contributed by atoms with van der Waals surface area (Å²) in [5.41, 5.74) is 10.5. The summed E-state index contributed by atoms with van der Waals surface area (Å²) in [5.74, 6) is 0. The molecule has 4 heterocycles. The lowest BCUT2D eigenvalue weighted by molar-refractivity contribution is 1.11. The molecule has 0 fully saturated rings. The van der Waals surface area contributed by atoms with E-state index in [0.29, 0.717) is 0 Å². The van der Waals surface area contributed by atoms with Crippen LogP contribution in [0.25, 0.3) is 77.8 Å². The van der Waals surface area contributed by atoms with Gasteiger partial charge < -0.3 is 0 Å². The molecule has 0 bridgehead atoms. The molecule has 0 saturated heterocycles. The van der Waals surface area contributed by atoms with Crippen molar-refractivity contribution < 1.29 is 0 Å². The van der Waals surface area contributed by atoms with Crippen LogP contribution in [0.4, 0.5) is 0 Å². The molecule has 0 aliphatic carbocycles. The molecule has 0 saturated carbocycles. The lowest BCUT2D eigenvalue weighted by atomic mass is 10.1. The molecule has 5 aromatic carbocycles. The SMILES string of the molecule is c1ccc(-c2cccc(-c3ccc(-n4c5ccccc5c5cc6c7ccccc7n(-c7ccccc7)c6nc54)cc3)n2)cc1. The number of nitrogens with zero attached hydrogens (tertiary/aromatic N) is 4. The summed E-state index contributed by atoms with van der Waals surface area (Å²) < 4.78 is 4.56. The van der Waals surface area contributed by atoms with E-state index in [9.17, 15) is 0 Å². The fourth-order valence-corrected chi connectivity index (χ4v) is 6.50. The maximum Gasteiger partial charge on any atom is 0.148 e. The first-order valence-electron chi connectivity index (χ1n) is 14.9. The number of aromatic nitrogens is 4. The quantitative estimate of drug-likeness (QED) is 0.214. The molecule has 0 unspecified atom stereocenters. The van der Waals surface area contributed by atoms with Gasteiger partial charge in [0.2, 0.25) is 0 Å². The van der Waals surface area contributed by atoms with Crippen LogP contribution in [0.3, 0.4) is 0 Å². The highest BCUT2D eigenvalue weighted by Gasteiger charge is 2.19. The van der Waals surface area contributed by atoms with Crippen molar-refractivity contribution in [3.63, 3.8) is 0 Å². The minimum Gasteiger partial charge on any atom is -0.294 e. The lowest BCUT2D eigenvalue weighted by Crippen LogP contribution is -1.99. The van der Waals surface area contributed by atoms with Gasteiger partial charge in [-0.05, 0) is 54.6 Å². The van der Waals surface area contributed by atoms with E-state index in [1.54, 1.807) is 0 Å². The van der Waals surface area contributed by atoms with Gasteiger partial charge in [-0.15, -0.1) is 0 Å². The highest BCUT2D eigenvalue weighted by molar-refractivity contribution is 6.16. The van der Waals surface area contributed by atoms with Crippen LogP contribution in [-0.4, -0.2) is 19.1 Å². The number of benzene rings is 5. The third kappa shape index (κ3) is 3.78. The Morgan fingerprint density at radius 1 is 0.341 bits per heavy atom. The monoisotopic (exact) mass is 562 g/mol. The van der Waals surface area contributed by atoms with Crippen LogP contribution in [0.15, 0.2) is 158 Å². The number of para-hydroxylation sites is 3. The first-order chi connectivity index (χ1) is 21.8. The van der Waals surface area contributed by atoms with E-state index in [4.69, 9.17) is 9.97 Å². The first kappa shape index (κ1) is 24.6. The van der Waals surface area contributed by atoms with Gasteiger partial charge in [-0.2, -0.15) is 0 Å². The second-order valence-corrected chi connectivity index (χ2v) is 11.1. The molecule has 4 heteroatoms. The molecule has 0 spiro atoms. The van der Waals surface area contributed by atoms with Gasteiger partial charge in [-0.3, -0.25) is 9.13 Å². The maximum atomic E-state index is 5.44. The Morgan fingerprint density at radius 2 is 0.818 bits per heavy atom. The highest BCUT2D eigenvalue weighted by atomic mass is 15.1. The van der Waals surface area contributed by atoms with Crippen molar-refractivity contribution in [2.24, 2.45) is 0 Å². The van der Waals surface area contributed by atoms with Gasteiger partial charge in [-0.25, -0.2) is 9.97 Å². The van der Waals surface area contributed by atoms with E-state index < -0.39 is 0 Å². The van der Waals surface area contributed by atoms with Crippen molar-refractivity contribution in [1.82, 2.24) is 19.1 Å². The Hall–Kier alpha value is -6.00. The van der Waals surface area contributed by atoms with Gasteiger partial charge in [0, 0.05) is 44.0 Å². The zero-order valence-electron chi connectivity index (χ0n) is 23.8. The molecular weight excluding hydrogens is 536 g/mol. The molecule has 0 N–H and O–H groups in total. The van der Waals surface area contributed by atoms with Gasteiger partial charge in [0.1, 0.15) is 11.3 Å². The van der Waals surface area contributed by atoms with Crippen molar-refractivity contribution in [2.75, 3.05) is 0 Å². The average Bonchev–Trinajstić information content (AvgIpc) is 3.60. The minimum absolute atomic E-state index is 0.940. The van der Waals surface area contributed by atoms with Crippen molar-refractivity contribution in [3.8, 4) is 33.9 Å². The summed E-state index contributed by atoms with van der Waals surface area (Å²) in [7, 11) is 0. The third-order valence-electron chi connectivity index (χ3n) is 8.53. The molecule has 44 heavy (non-hydrogen) atoms.